The highest BCUT2D eigenvalue weighted by Gasteiger charge is 2.50. The standard InChI is InChI=1S/C25H27N5O2/c31-23(22-17-26-20-9-4-5-10-21(20)28-22)11-6-14-29-15-12-25(13-16-29)24(32)27-18-30(25)19-7-2-1-3-8-19/h1-5,7-10,17H,6,11-16,18H2,(H,27,32). The summed E-state index contributed by atoms with van der Waals surface area (Å²) >= 11 is 0. The van der Waals surface area contributed by atoms with E-state index in [0.717, 1.165) is 55.6 Å². The second-order valence-electron chi connectivity index (χ2n) is 8.57. The van der Waals surface area contributed by atoms with E-state index in [1.165, 1.54) is 0 Å². The molecule has 1 N–H and O–H groups in total. The fraction of sp³-hybridized carbons (Fsp3) is 0.360. The first kappa shape index (κ1) is 20.6. The quantitative estimate of drug-likeness (QED) is 0.607. The molecule has 7 heteroatoms. The Hall–Kier alpha value is -3.32. The minimum atomic E-state index is -0.464. The number of benzene rings is 2. The number of carbonyl (C=O) groups is 2. The van der Waals surface area contributed by atoms with Crippen LogP contribution in [0.4, 0.5) is 5.69 Å². The molecule has 0 radical (unpaired) electrons. The van der Waals surface area contributed by atoms with E-state index < -0.39 is 5.54 Å². The molecule has 0 aliphatic carbocycles. The van der Waals surface area contributed by atoms with Crippen LogP contribution < -0.4 is 10.2 Å². The monoisotopic (exact) mass is 429 g/mol. The average molecular weight is 430 g/mol. The van der Waals surface area contributed by atoms with E-state index in [2.05, 4.69) is 37.2 Å². The number of Topliss-reactive ketones (excluding diaryl/α,β-unsaturated/α-hetero) is 1. The summed E-state index contributed by atoms with van der Waals surface area (Å²) < 4.78 is 0. The molecule has 2 saturated heterocycles. The molecule has 2 fully saturated rings. The van der Waals surface area contributed by atoms with Crippen molar-refractivity contribution >= 4 is 28.4 Å². The number of anilines is 1. The van der Waals surface area contributed by atoms with Gasteiger partial charge in [0.1, 0.15) is 11.2 Å². The molecule has 0 bridgehead atoms. The molecule has 3 aromatic rings. The molecule has 0 saturated carbocycles. The summed E-state index contributed by atoms with van der Waals surface area (Å²) in [5.74, 6) is 0.160. The first-order chi connectivity index (χ1) is 15.7. The molecule has 3 heterocycles. The van der Waals surface area contributed by atoms with Gasteiger partial charge in [-0.25, -0.2) is 4.98 Å². The maximum Gasteiger partial charge on any atom is 0.247 e. The number of nitrogens with zero attached hydrogens (tertiary/aromatic N) is 4. The zero-order valence-electron chi connectivity index (χ0n) is 18.0. The van der Waals surface area contributed by atoms with Crippen LogP contribution in [0.15, 0.2) is 60.8 Å². The number of aromatic nitrogens is 2. The summed E-state index contributed by atoms with van der Waals surface area (Å²) in [6.07, 6.45) is 4.38. The first-order valence-electron chi connectivity index (χ1n) is 11.2. The number of hydrogen-bond acceptors (Lipinski definition) is 6. The smallest absolute Gasteiger partial charge is 0.247 e. The predicted octanol–water partition coefficient (Wildman–Crippen LogP) is 3.02. The third-order valence-electron chi connectivity index (χ3n) is 6.70. The maximum atomic E-state index is 12.8. The zero-order valence-corrected chi connectivity index (χ0v) is 18.0. The van der Waals surface area contributed by atoms with Gasteiger partial charge in [0, 0.05) is 25.2 Å². The van der Waals surface area contributed by atoms with Gasteiger partial charge >= 0.3 is 0 Å². The summed E-state index contributed by atoms with van der Waals surface area (Å²) in [4.78, 5) is 38.7. The molecule has 164 valence electrons. The number of fused-ring (bicyclic) bond motifs is 1. The lowest BCUT2D eigenvalue weighted by molar-refractivity contribution is -0.125. The molecule has 2 aliphatic rings. The summed E-state index contributed by atoms with van der Waals surface area (Å²) in [5, 5.41) is 3.04. The number of ketones is 1. The Morgan fingerprint density at radius 1 is 1.00 bits per heavy atom. The van der Waals surface area contributed by atoms with Gasteiger partial charge in [-0.05, 0) is 50.1 Å². The number of rotatable bonds is 6. The number of carbonyl (C=O) groups excluding carboxylic acids is 2. The SMILES string of the molecule is O=C(CCCN1CCC2(CC1)C(=O)NCN2c1ccccc1)c1cnc2ccccc2n1. The molecule has 0 atom stereocenters. The van der Waals surface area contributed by atoms with Crippen molar-refractivity contribution in [2.75, 3.05) is 31.2 Å². The van der Waals surface area contributed by atoms with Gasteiger partial charge in [-0.1, -0.05) is 30.3 Å². The molecule has 1 spiro atoms. The summed E-state index contributed by atoms with van der Waals surface area (Å²) in [6, 6.07) is 17.7. The Balaban J connectivity index is 1.15. The third kappa shape index (κ3) is 3.84. The zero-order chi connectivity index (χ0) is 22.0. The van der Waals surface area contributed by atoms with E-state index in [-0.39, 0.29) is 11.7 Å². The highest BCUT2D eigenvalue weighted by molar-refractivity contribution is 5.95. The molecule has 2 aromatic carbocycles. The highest BCUT2D eigenvalue weighted by Crippen LogP contribution is 2.36. The number of para-hydroxylation sites is 3. The number of piperidine rings is 1. The molecule has 7 nitrogen and oxygen atoms in total. The molecular weight excluding hydrogens is 402 g/mol. The fourth-order valence-corrected chi connectivity index (χ4v) is 4.86. The van der Waals surface area contributed by atoms with Crippen LogP contribution in [0.1, 0.15) is 36.2 Å². The summed E-state index contributed by atoms with van der Waals surface area (Å²) in [6.45, 7) is 3.10. The van der Waals surface area contributed by atoms with Crippen LogP contribution in [0.5, 0.6) is 0 Å². The van der Waals surface area contributed by atoms with Crippen LogP contribution in [0.3, 0.4) is 0 Å². The van der Waals surface area contributed by atoms with E-state index in [1.54, 1.807) is 6.20 Å². The first-order valence-corrected chi connectivity index (χ1v) is 11.2. The number of hydrogen-bond donors (Lipinski definition) is 1. The van der Waals surface area contributed by atoms with Gasteiger partial charge in [0.25, 0.3) is 0 Å². The molecule has 1 amide bonds. The normalized spacial score (nSPS) is 18.2. The summed E-state index contributed by atoms with van der Waals surface area (Å²) in [5.41, 5.74) is 2.60. The van der Waals surface area contributed by atoms with Gasteiger partial charge < -0.3 is 15.1 Å². The summed E-state index contributed by atoms with van der Waals surface area (Å²) in [7, 11) is 0. The molecule has 32 heavy (non-hydrogen) atoms. The number of amides is 1. The van der Waals surface area contributed by atoms with E-state index >= 15 is 0 Å². The van der Waals surface area contributed by atoms with Gasteiger partial charge in [-0.2, -0.15) is 0 Å². The lowest BCUT2D eigenvalue weighted by atomic mass is 9.85. The Morgan fingerprint density at radius 2 is 1.72 bits per heavy atom. The molecule has 1 aromatic heterocycles. The van der Waals surface area contributed by atoms with E-state index in [1.807, 2.05) is 42.5 Å². The molecule has 0 unspecified atom stereocenters. The second-order valence-corrected chi connectivity index (χ2v) is 8.57. The van der Waals surface area contributed by atoms with Gasteiger partial charge in [-0.15, -0.1) is 0 Å². The van der Waals surface area contributed by atoms with Crippen molar-refractivity contribution in [1.82, 2.24) is 20.2 Å². The molecular formula is C25H27N5O2. The van der Waals surface area contributed by atoms with E-state index in [9.17, 15) is 9.59 Å². The van der Waals surface area contributed by atoms with Crippen molar-refractivity contribution in [2.24, 2.45) is 0 Å². The van der Waals surface area contributed by atoms with Gasteiger partial charge in [0.15, 0.2) is 5.78 Å². The van der Waals surface area contributed by atoms with Gasteiger partial charge in [-0.3, -0.25) is 14.6 Å². The van der Waals surface area contributed by atoms with Crippen LogP contribution in [0, 0.1) is 0 Å². The lowest BCUT2D eigenvalue weighted by Gasteiger charge is -2.43. The van der Waals surface area contributed by atoms with Gasteiger partial charge in [0.2, 0.25) is 5.91 Å². The van der Waals surface area contributed by atoms with Crippen LogP contribution in [-0.2, 0) is 4.79 Å². The fourth-order valence-electron chi connectivity index (χ4n) is 4.86. The predicted molar refractivity (Wildman–Crippen MR) is 123 cm³/mol. The van der Waals surface area contributed by atoms with Crippen molar-refractivity contribution in [2.45, 2.75) is 31.2 Å². The second kappa shape index (κ2) is 8.67. The Bertz CT molecular complexity index is 1130. The van der Waals surface area contributed by atoms with Crippen molar-refractivity contribution < 1.29 is 9.59 Å². The number of likely N-dealkylation sites (tertiary alicyclic amines) is 1. The highest BCUT2D eigenvalue weighted by atomic mass is 16.2. The van der Waals surface area contributed by atoms with Crippen molar-refractivity contribution in [3.63, 3.8) is 0 Å². The van der Waals surface area contributed by atoms with Crippen LogP contribution in [-0.4, -0.2) is 58.4 Å². The van der Waals surface area contributed by atoms with Crippen LogP contribution in [0.25, 0.3) is 11.0 Å². The Labute approximate surface area is 187 Å². The minimum absolute atomic E-state index is 0.0298. The number of nitrogens with one attached hydrogen (secondary N) is 1. The van der Waals surface area contributed by atoms with Crippen molar-refractivity contribution in [3.8, 4) is 0 Å². The van der Waals surface area contributed by atoms with Crippen molar-refractivity contribution in [3.05, 3.63) is 66.5 Å². The van der Waals surface area contributed by atoms with E-state index in [0.29, 0.717) is 18.8 Å². The maximum absolute atomic E-state index is 12.8. The van der Waals surface area contributed by atoms with E-state index in [4.69, 9.17) is 0 Å². The topological polar surface area (TPSA) is 78.4 Å². The Morgan fingerprint density at radius 3 is 2.50 bits per heavy atom. The van der Waals surface area contributed by atoms with Crippen molar-refractivity contribution in [1.29, 1.82) is 0 Å². The molecule has 5 rings (SSSR count). The van der Waals surface area contributed by atoms with Crippen LogP contribution in [0.2, 0.25) is 0 Å². The Kier molecular flexibility index (Phi) is 5.57. The van der Waals surface area contributed by atoms with Gasteiger partial charge in [0.05, 0.1) is 23.9 Å². The third-order valence-corrected chi connectivity index (χ3v) is 6.70. The molecule has 2 aliphatic heterocycles. The largest absolute Gasteiger partial charge is 0.339 e. The minimum Gasteiger partial charge on any atom is -0.339 e. The average Bonchev–Trinajstić information content (AvgIpc) is 3.16. The van der Waals surface area contributed by atoms with Crippen LogP contribution >= 0.6 is 0 Å². The lowest BCUT2D eigenvalue weighted by Crippen LogP contribution is -2.56.